The Bertz CT molecular complexity index is 436. The van der Waals surface area contributed by atoms with E-state index in [2.05, 4.69) is 30.0 Å². The average Bonchev–Trinajstić information content (AvgIpc) is 2.62. The zero-order valence-corrected chi connectivity index (χ0v) is 18.4. The van der Waals surface area contributed by atoms with Crippen LogP contribution in [0.2, 0.25) is 0 Å². The molecule has 0 radical (unpaired) electrons. The molecule has 1 aromatic rings. The first-order valence-electron chi connectivity index (χ1n) is 10.0. The molecule has 144 valence electrons. The molecule has 0 heterocycles. The second-order valence-corrected chi connectivity index (χ2v) is 6.96. The van der Waals surface area contributed by atoms with Crippen LogP contribution in [0.4, 0.5) is 0 Å². The molecule has 0 bridgehead atoms. The third-order valence-corrected chi connectivity index (χ3v) is 4.56. The van der Waals surface area contributed by atoms with Crippen molar-refractivity contribution in [2.45, 2.75) is 78.6 Å². The zero-order valence-electron chi connectivity index (χ0n) is 17.4. The molecule has 0 aliphatic heterocycles. The molecule has 0 fully saturated rings. The molecule has 1 rings (SSSR count). The van der Waals surface area contributed by atoms with Crippen molar-refractivity contribution < 1.29 is 33.1 Å². The van der Waals surface area contributed by atoms with E-state index in [0.29, 0.717) is 0 Å². The summed E-state index contributed by atoms with van der Waals surface area (Å²) < 4.78 is 17.9. The van der Waals surface area contributed by atoms with E-state index in [9.17, 15) is 0 Å². The summed E-state index contributed by atoms with van der Waals surface area (Å²) in [6, 6.07) is 3.94. The smallest absolute Gasteiger partial charge is 0.517 e. The van der Waals surface area contributed by atoms with Crippen LogP contribution in [-0.4, -0.2) is 19.8 Å². The Morgan fingerprint density at radius 1 is 0.654 bits per heavy atom. The number of benzene rings is 1. The van der Waals surface area contributed by atoms with Crippen molar-refractivity contribution in [3.8, 4) is 17.2 Å². The topological polar surface area (TPSA) is 27.7 Å². The van der Waals surface area contributed by atoms with Crippen LogP contribution in [0.3, 0.4) is 0 Å². The number of unbranched alkanes of at least 4 members (excludes halogenated alkanes) is 6. The molecule has 0 unspecified atom stereocenters. The molecule has 0 amide bonds. The van der Waals surface area contributed by atoms with Gasteiger partial charge in [0.2, 0.25) is 0 Å². The van der Waals surface area contributed by atoms with E-state index in [1.807, 2.05) is 12.1 Å². The van der Waals surface area contributed by atoms with Gasteiger partial charge in [0.15, 0.2) is 0 Å². The summed E-state index contributed by atoms with van der Waals surface area (Å²) in [5, 5.41) is 0.883. The van der Waals surface area contributed by atoms with Crippen molar-refractivity contribution in [3.05, 3.63) is 12.1 Å². The van der Waals surface area contributed by atoms with Crippen LogP contribution < -0.4 is 38.4 Å². The quantitative estimate of drug-likeness (QED) is 0.268. The van der Waals surface area contributed by atoms with Gasteiger partial charge in [-0.3, -0.25) is 0 Å². The second kappa shape index (κ2) is 16.8. The van der Waals surface area contributed by atoms with Crippen molar-refractivity contribution in [2.75, 3.05) is 19.8 Å². The number of hydrogen-bond donors (Lipinski definition) is 0. The molecule has 0 saturated heterocycles. The number of rotatable bonds is 15. The monoisotopic (exact) mass is 374 g/mol. The summed E-state index contributed by atoms with van der Waals surface area (Å²) in [5.74, 6) is 2.45. The van der Waals surface area contributed by atoms with E-state index < -0.39 is 0 Å². The predicted molar refractivity (Wildman–Crippen MR) is 109 cm³/mol. The fourth-order valence-corrected chi connectivity index (χ4v) is 2.78. The SMILES string of the molecule is CCCCCOc1cc(OCCCCC)c([PH-])c(OCCCCC)c1.[Li+]. The van der Waals surface area contributed by atoms with Crippen molar-refractivity contribution in [1.29, 1.82) is 0 Å². The fraction of sp³-hybridized carbons (Fsp3) is 0.714. The molecule has 0 aliphatic carbocycles. The summed E-state index contributed by atoms with van der Waals surface area (Å²) in [4.78, 5) is 0. The first-order chi connectivity index (χ1) is 12.2. The average molecular weight is 374 g/mol. The third kappa shape index (κ3) is 10.7. The van der Waals surface area contributed by atoms with Crippen molar-refractivity contribution in [2.24, 2.45) is 0 Å². The largest absolute Gasteiger partial charge is 1.00 e. The van der Waals surface area contributed by atoms with Crippen LogP contribution >= 0.6 is 9.24 Å². The Kier molecular flexibility index (Phi) is 16.6. The van der Waals surface area contributed by atoms with Gasteiger partial charge in [-0.1, -0.05) is 59.3 Å². The minimum atomic E-state index is 0. The first kappa shape index (κ1) is 25.6. The Hall–Kier alpha value is -0.353. The molecule has 1 aromatic carbocycles. The van der Waals surface area contributed by atoms with Gasteiger partial charge in [0.25, 0.3) is 0 Å². The predicted octanol–water partition coefficient (Wildman–Crippen LogP) is 3.17. The van der Waals surface area contributed by atoms with Gasteiger partial charge in [-0.15, -0.1) is 5.30 Å². The van der Waals surface area contributed by atoms with E-state index >= 15 is 0 Å². The summed E-state index contributed by atoms with van der Waals surface area (Å²) in [7, 11) is 3.70. The maximum absolute atomic E-state index is 5.97. The van der Waals surface area contributed by atoms with Crippen LogP contribution in [0.5, 0.6) is 17.2 Å². The van der Waals surface area contributed by atoms with E-state index in [1.165, 1.54) is 38.5 Å². The third-order valence-electron chi connectivity index (χ3n) is 4.07. The summed E-state index contributed by atoms with van der Waals surface area (Å²) >= 11 is 0. The Morgan fingerprint density at radius 3 is 1.42 bits per heavy atom. The summed E-state index contributed by atoms with van der Waals surface area (Å²) in [5.41, 5.74) is 0. The van der Waals surface area contributed by atoms with Crippen LogP contribution in [-0.2, 0) is 0 Å². The molecule has 0 aliphatic rings. The van der Waals surface area contributed by atoms with Gasteiger partial charge in [-0.05, 0) is 19.3 Å². The number of hydrogen-bond acceptors (Lipinski definition) is 3. The van der Waals surface area contributed by atoms with Gasteiger partial charge >= 0.3 is 18.9 Å². The summed E-state index contributed by atoms with van der Waals surface area (Å²) in [6.45, 7) is 8.77. The normalized spacial score (nSPS) is 10.3. The first-order valence-corrected chi connectivity index (χ1v) is 10.5. The standard InChI is InChI=1S/C21H36O3P.Li/c1-4-7-10-13-22-18-16-19(23-14-11-8-5-2)21(25)20(17-18)24-15-12-9-6-3;/h16-17,25H,4-15H2,1-3H3;/q-1;+1. The van der Waals surface area contributed by atoms with E-state index in [-0.39, 0.29) is 18.9 Å². The van der Waals surface area contributed by atoms with Gasteiger partial charge in [-0.2, -0.15) is 0 Å². The van der Waals surface area contributed by atoms with Gasteiger partial charge in [-0.25, -0.2) is 0 Å². The molecule has 0 N–H and O–H groups in total. The molecule has 0 aromatic heterocycles. The fourth-order valence-electron chi connectivity index (χ4n) is 2.49. The van der Waals surface area contributed by atoms with Gasteiger partial charge < -0.3 is 23.5 Å². The van der Waals surface area contributed by atoms with Gasteiger partial charge in [0.05, 0.1) is 31.3 Å². The van der Waals surface area contributed by atoms with E-state index in [4.69, 9.17) is 14.2 Å². The van der Waals surface area contributed by atoms with Crippen LogP contribution in [0, 0.1) is 0 Å². The maximum atomic E-state index is 5.97. The second-order valence-electron chi connectivity index (χ2n) is 6.46. The molecular weight excluding hydrogens is 338 g/mol. The van der Waals surface area contributed by atoms with Crippen LogP contribution in [0.25, 0.3) is 0 Å². The van der Waals surface area contributed by atoms with Gasteiger partial charge in [0.1, 0.15) is 5.75 Å². The molecule has 26 heavy (non-hydrogen) atoms. The molecule has 0 saturated carbocycles. The Labute approximate surface area is 175 Å². The van der Waals surface area contributed by atoms with Crippen LogP contribution in [0.15, 0.2) is 12.1 Å². The maximum Gasteiger partial charge on any atom is 1.00 e. The molecule has 5 heteroatoms. The van der Waals surface area contributed by atoms with Crippen LogP contribution in [0.1, 0.15) is 78.6 Å². The minimum Gasteiger partial charge on any atom is -0.517 e. The molecule has 0 spiro atoms. The number of ether oxygens (including phenoxy) is 3. The molecule has 0 atom stereocenters. The Balaban J connectivity index is 0.00000625. The van der Waals surface area contributed by atoms with Crippen molar-refractivity contribution in [3.63, 3.8) is 0 Å². The molecule has 3 nitrogen and oxygen atoms in total. The van der Waals surface area contributed by atoms with Crippen molar-refractivity contribution >= 4 is 14.5 Å². The Morgan fingerprint density at radius 2 is 1.04 bits per heavy atom. The van der Waals surface area contributed by atoms with Gasteiger partial charge in [0, 0.05) is 12.1 Å². The minimum absolute atomic E-state index is 0. The molecular formula is C21H36LiO3P. The zero-order chi connectivity index (χ0) is 18.3. The van der Waals surface area contributed by atoms with E-state index in [1.54, 1.807) is 0 Å². The summed E-state index contributed by atoms with van der Waals surface area (Å²) in [6.07, 6.45) is 10.3. The van der Waals surface area contributed by atoms with E-state index in [0.717, 1.165) is 61.6 Å². The van der Waals surface area contributed by atoms with Crippen molar-refractivity contribution in [1.82, 2.24) is 0 Å².